The average molecular weight is 226 g/mol. The fourth-order valence-corrected chi connectivity index (χ4v) is 3.20. The molecule has 1 aliphatic carbocycles. The van der Waals surface area contributed by atoms with Gasteiger partial charge in [0.05, 0.1) is 0 Å². The first-order chi connectivity index (χ1) is 7.69. The molecule has 0 aromatic carbocycles. The van der Waals surface area contributed by atoms with Crippen molar-refractivity contribution < 1.29 is 0 Å². The lowest BCUT2D eigenvalue weighted by atomic mass is 9.98. The Morgan fingerprint density at radius 2 is 1.88 bits per heavy atom. The van der Waals surface area contributed by atoms with Crippen LogP contribution in [0, 0.1) is 5.92 Å². The summed E-state index contributed by atoms with van der Waals surface area (Å²) < 4.78 is 0. The van der Waals surface area contributed by atoms with Gasteiger partial charge in [-0.15, -0.1) is 0 Å². The smallest absolute Gasteiger partial charge is 0.0241 e. The van der Waals surface area contributed by atoms with Crippen molar-refractivity contribution in [2.45, 2.75) is 70.9 Å². The number of rotatable bonds is 7. The van der Waals surface area contributed by atoms with Gasteiger partial charge in [-0.2, -0.15) is 0 Å². The summed E-state index contributed by atoms with van der Waals surface area (Å²) in [5.74, 6) is 0.938. The summed E-state index contributed by atoms with van der Waals surface area (Å²) in [4.78, 5) is 2.52. The molecule has 1 fully saturated rings. The molecule has 1 aliphatic rings. The van der Waals surface area contributed by atoms with E-state index >= 15 is 0 Å². The minimum atomic E-state index is 0.362. The number of nitrogens with two attached hydrogens (primary N) is 1. The van der Waals surface area contributed by atoms with Crippen LogP contribution >= 0.6 is 0 Å². The van der Waals surface area contributed by atoms with Crippen molar-refractivity contribution in [2.75, 3.05) is 13.6 Å². The van der Waals surface area contributed by atoms with Crippen LogP contribution in [0.3, 0.4) is 0 Å². The third kappa shape index (κ3) is 4.06. The molecule has 2 heteroatoms. The topological polar surface area (TPSA) is 29.3 Å². The molecule has 0 saturated heterocycles. The van der Waals surface area contributed by atoms with E-state index in [0.29, 0.717) is 12.1 Å². The quantitative estimate of drug-likeness (QED) is 0.723. The highest BCUT2D eigenvalue weighted by molar-refractivity contribution is 4.81. The first-order valence-electron chi connectivity index (χ1n) is 7.14. The van der Waals surface area contributed by atoms with Gasteiger partial charge in [-0.1, -0.05) is 33.1 Å². The largest absolute Gasteiger partial charge is 0.326 e. The molecule has 0 aromatic heterocycles. The number of hydrogen-bond donors (Lipinski definition) is 1. The zero-order valence-corrected chi connectivity index (χ0v) is 11.4. The summed E-state index contributed by atoms with van der Waals surface area (Å²) in [5, 5.41) is 0. The van der Waals surface area contributed by atoms with Gasteiger partial charge in [0.15, 0.2) is 0 Å². The highest BCUT2D eigenvalue weighted by Gasteiger charge is 2.23. The minimum Gasteiger partial charge on any atom is -0.326 e. The van der Waals surface area contributed by atoms with Crippen molar-refractivity contribution in [1.82, 2.24) is 4.90 Å². The van der Waals surface area contributed by atoms with Crippen LogP contribution in [0.25, 0.3) is 0 Å². The Balaban J connectivity index is 2.37. The predicted octanol–water partition coefficient (Wildman–Crippen LogP) is 3.01. The molecule has 96 valence electrons. The van der Waals surface area contributed by atoms with E-state index in [1.807, 2.05) is 0 Å². The molecule has 0 bridgehead atoms. The Kier molecular flexibility index (Phi) is 6.37. The fraction of sp³-hybridized carbons (Fsp3) is 1.00. The molecule has 2 N–H and O–H groups in total. The normalized spacial score (nSPS) is 21.6. The van der Waals surface area contributed by atoms with Gasteiger partial charge in [-0.25, -0.2) is 0 Å². The van der Waals surface area contributed by atoms with E-state index in [2.05, 4.69) is 25.8 Å². The predicted molar refractivity (Wildman–Crippen MR) is 71.6 cm³/mol. The summed E-state index contributed by atoms with van der Waals surface area (Å²) >= 11 is 0. The zero-order valence-electron chi connectivity index (χ0n) is 11.4. The van der Waals surface area contributed by atoms with Crippen molar-refractivity contribution in [3.05, 3.63) is 0 Å². The first-order valence-corrected chi connectivity index (χ1v) is 7.14. The van der Waals surface area contributed by atoms with Crippen LogP contribution in [0.2, 0.25) is 0 Å². The third-order valence-corrected chi connectivity index (χ3v) is 4.12. The molecule has 1 rings (SSSR count). The molecule has 0 aliphatic heterocycles. The number of hydrogen-bond acceptors (Lipinski definition) is 2. The zero-order chi connectivity index (χ0) is 12.0. The van der Waals surface area contributed by atoms with E-state index in [-0.39, 0.29) is 0 Å². The van der Waals surface area contributed by atoms with Crippen LogP contribution < -0.4 is 5.73 Å². The number of nitrogens with zero attached hydrogens (tertiary/aromatic N) is 1. The Morgan fingerprint density at radius 3 is 2.38 bits per heavy atom. The maximum atomic E-state index is 6.27. The van der Waals surface area contributed by atoms with E-state index in [1.54, 1.807) is 0 Å². The lowest BCUT2D eigenvalue weighted by Gasteiger charge is -2.33. The van der Waals surface area contributed by atoms with Crippen molar-refractivity contribution in [3.8, 4) is 0 Å². The monoisotopic (exact) mass is 226 g/mol. The molecule has 0 amide bonds. The van der Waals surface area contributed by atoms with E-state index in [0.717, 1.165) is 12.3 Å². The Hall–Kier alpha value is -0.0800. The third-order valence-electron chi connectivity index (χ3n) is 4.12. The van der Waals surface area contributed by atoms with E-state index in [4.69, 9.17) is 5.73 Å². The van der Waals surface area contributed by atoms with Gasteiger partial charge in [0.25, 0.3) is 0 Å². The van der Waals surface area contributed by atoms with Crippen LogP contribution in [0.4, 0.5) is 0 Å². The van der Waals surface area contributed by atoms with Crippen LogP contribution in [0.5, 0.6) is 0 Å². The highest BCUT2D eigenvalue weighted by Crippen LogP contribution is 2.26. The van der Waals surface area contributed by atoms with Crippen LogP contribution in [-0.2, 0) is 0 Å². The summed E-state index contributed by atoms with van der Waals surface area (Å²) in [6, 6.07) is 0.946. The molecule has 0 radical (unpaired) electrons. The second-order valence-electron chi connectivity index (χ2n) is 5.52. The van der Waals surface area contributed by atoms with Crippen LogP contribution in [-0.4, -0.2) is 30.6 Å². The van der Waals surface area contributed by atoms with Crippen molar-refractivity contribution in [3.63, 3.8) is 0 Å². The second kappa shape index (κ2) is 7.29. The van der Waals surface area contributed by atoms with E-state index < -0.39 is 0 Å². The Labute approximate surface area is 102 Å². The number of likely N-dealkylation sites (N-methyl/N-ethyl adjacent to an activating group) is 1. The molecule has 0 spiro atoms. The maximum absolute atomic E-state index is 6.27. The standard InChI is InChI=1S/C14H30N2/c1-4-8-13(15)14(5-2)16(3)11-12-9-6-7-10-12/h12-14H,4-11,15H2,1-3H3. The van der Waals surface area contributed by atoms with Gasteiger partial charge in [-0.05, 0) is 38.6 Å². The first kappa shape index (κ1) is 14.0. The molecular formula is C14H30N2. The van der Waals surface area contributed by atoms with Gasteiger partial charge in [-0.3, -0.25) is 0 Å². The minimum absolute atomic E-state index is 0.362. The molecule has 2 nitrogen and oxygen atoms in total. The second-order valence-corrected chi connectivity index (χ2v) is 5.52. The Bertz CT molecular complexity index is 176. The summed E-state index contributed by atoms with van der Waals surface area (Å²) in [6.45, 7) is 5.75. The fourth-order valence-electron chi connectivity index (χ4n) is 3.20. The van der Waals surface area contributed by atoms with Gasteiger partial charge in [0.1, 0.15) is 0 Å². The molecule has 1 saturated carbocycles. The highest BCUT2D eigenvalue weighted by atomic mass is 15.1. The van der Waals surface area contributed by atoms with E-state index in [9.17, 15) is 0 Å². The lowest BCUT2D eigenvalue weighted by Crippen LogP contribution is -2.47. The van der Waals surface area contributed by atoms with Gasteiger partial charge in [0, 0.05) is 18.6 Å². The molecule has 2 atom stereocenters. The molecule has 2 unspecified atom stereocenters. The van der Waals surface area contributed by atoms with Crippen molar-refractivity contribution >= 4 is 0 Å². The maximum Gasteiger partial charge on any atom is 0.0241 e. The molecular weight excluding hydrogens is 196 g/mol. The molecule has 0 heterocycles. The van der Waals surface area contributed by atoms with Gasteiger partial charge >= 0.3 is 0 Å². The summed E-state index contributed by atoms with van der Waals surface area (Å²) in [5.41, 5.74) is 6.27. The average Bonchev–Trinajstić information content (AvgIpc) is 2.71. The lowest BCUT2D eigenvalue weighted by molar-refractivity contribution is 0.172. The van der Waals surface area contributed by atoms with Gasteiger partial charge < -0.3 is 10.6 Å². The van der Waals surface area contributed by atoms with E-state index in [1.165, 1.54) is 45.1 Å². The van der Waals surface area contributed by atoms with Crippen molar-refractivity contribution in [1.29, 1.82) is 0 Å². The van der Waals surface area contributed by atoms with Crippen LogP contribution in [0.1, 0.15) is 58.8 Å². The van der Waals surface area contributed by atoms with Crippen molar-refractivity contribution in [2.24, 2.45) is 11.7 Å². The van der Waals surface area contributed by atoms with Crippen LogP contribution in [0.15, 0.2) is 0 Å². The SMILES string of the molecule is CCCC(N)C(CC)N(C)CC1CCCC1. The molecule has 0 aromatic rings. The van der Waals surface area contributed by atoms with Gasteiger partial charge in [0.2, 0.25) is 0 Å². The Morgan fingerprint density at radius 1 is 1.25 bits per heavy atom. The summed E-state index contributed by atoms with van der Waals surface area (Å²) in [7, 11) is 2.27. The summed E-state index contributed by atoms with van der Waals surface area (Å²) in [6.07, 6.45) is 9.30. The molecule has 16 heavy (non-hydrogen) atoms.